The molecule has 106 valence electrons. The molecule has 1 heterocycles. The second-order valence-corrected chi connectivity index (χ2v) is 7.85. The average molecular weight is 441 g/mol. The number of nitrogens with zero attached hydrogens (tertiary/aromatic N) is 1. The maximum atomic E-state index is 12.4. The second-order valence-electron chi connectivity index (χ2n) is 4.01. The molecule has 0 aliphatic rings. The van der Waals surface area contributed by atoms with Crippen LogP contribution in [0.2, 0.25) is 5.15 Å². The number of nitrogens with one attached hydrogen (secondary N) is 1. The Bertz CT molecular complexity index is 766. The van der Waals surface area contributed by atoms with Gasteiger partial charge >= 0.3 is 0 Å². The second kappa shape index (κ2) is 6.01. The summed E-state index contributed by atoms with van der Waals surface area (Å²) >= 11 is 12.4. The van der Waals surface area contributed by atoms with Gasteiger partial charge in [0.25, 0.3) is 10.0 Å². The van der Waals surface area contributed by atoms with Gasteiger partial charge in [-0.2, -0.15) is 0 Å². The summed E-state index contributed by atoms with van der Waals surface area (Å²) in [4.78, 5) is 4.06. The highest BCUT2D eigenvalue weighted by atomic mass is 79.9. The molecule has 1 N–H and O–H groups in total. The van der Waals surface area contributed by atoms with E-state index in [0.717, 1.165) is 0 Å². The highest BCUT2D eigenvalue weighted by Gasteiger charge is 2.19. The van der Waals surface area contributed by atoms with Crippen LogP contribution in [-0.4, -0.2) is 13.4 Å². The van der Waals surface area contributed by atoms with Gasteiger partial charge in [-0.05, 0) is 46.6 Å². The Morgan fingerprint density at radius 1 is 1.20 bits per heavy atom. The van der Waals surface area contributed by atoms with Crippen LogP contribution in [0.1, 0.15) is 5.56 Å². The van der Waals surface area contributed by atoms with E-state index in [-0.39, 0.29) is 15.7 Å². The van der Waals surface area contributed by atoms with Crippen molar-refractivity contribution in [2.75, 3.05) is 4.72 Å². The van der Waals surface area contributed by atoms with Crippen molar-refractivity contribution in [3.8, 4) is 0 Å². The number of benzene rings is 1. The molecule has 0 amide bonds. The Morgan fingerprint density at radius 3 is 2.60 bits per heavy atom. The first-order chi connectivity index (χ1) is 9.29. The van der Waals surface area contributed by atoms with Crippen molar-refractivity contribution in [1.82, 2.24) is 4.98 Å². The number of halogens is 3. The Morgan fingerprint density at radius 2 is 1.90 bits per heavy atom. The van der Waals surface area contributed by atoms with Crippen molar-refractivity contribution < 1.29 is 8.42 Å². The number of pyridine rings is 1. The first-order valence-electron chi connectivity index (χ1n) is 5.39. The summed E-state index contributed by atoms with van der Waals surface area (Å²) in [5.41, 5.74) is 0.861. The molecule has 0 aliphatic heterocycles. The monoisotopic (exact) mass is 438 g/mol. The van der Waals surface area contributed by atoms with Gasteiger partial charge in [-0.15, -0.1) is 0 Å². The fourth-order valence-corrected chi connectivity index (χ4v) is 3.94. The van der Waals surface area contributed by atoms with E-state index in [0.29, 0.717) is 14.5 Å². The number of hydrogen-bond donors (Lipinski definition) is 1. The van der Waals surface area contributed by atoms with E-state index >= 15 is 0 Å². The van der Waals surface area contributed by atoms with E-state index in [1.165, 1.54) is 12.3 Å². The molecule has 2 aromatic rings. The zero-order chi connectivity index (χ0) is 14.9. The molecule has 1 aromatic heterocycles. The lowest BCUT2D eigenvalue weighted by Gasteiger charge is -2.11. The Labute approximate surface area is 138 Å². The summed E-state index contributed by atoms with van der Waals surface area (Å²) in [6.45, 7) is 1.72. The number of aromatic nitrogens is 1. The third kappa shape index (κ3) is 3.52. The summed E-state index contributed by atoms with van der Waals surface area (Å²) in [6, 6.07) is 6.60. The van der Waals surface area contributed by atoms with Crippen molar-refractivity contribution in [2.24, 2.45) is 0 Å². The lowest BCUT2D eigenvalue weighted by atomic mass is 10.2. The SMILES string of the molecule is Cc1ccc(Br)cc1S(=O)(=O)Nc1cc(Br)cnc1Cl. The minimum absolute atomic E-state index is 0.0874. The van der Waals surface area contributed by atoms with Crippen LogP contribution in [0, 0.1) is 6.92 Å². The van der Waals surface area contributed by atoms with E-state index in [1.54, 1.807) is 25.1 Å². The molecular formula is C12H9Br2ClN2O2S. The molecule has 1 aromatic carbocycles. The summed E-state index contributed by atoms with van der Waals surface area (Å²) in [5, 5.41) is 0.0874. The van der Waals surface area contributed by atoms with Gasteiger partial charge in [0.2, 0.25) is 0 Å². The molecular weight excluding hydrogens is 431 g/mol. The molecule has 0 atom stereocenters. The molecule has 0 unspecified atom stereocenters. The van der Waals surface area contributed by atoms with Crippen molar-refractivity contribution in [2.45, 2.75) is 11.8 Å². The molecule has 20 heavy (non-hydrogen) atoms. The van der Waals surface area contributed by atoms with Crippen molar-refractivity contribution in [1.29, 1.82) is 0 Å². The molecule has 0 bridgehead atoms. The van der Waals surface area contributed by atoms with Crippen LogP contribution in [0.25, 0.3) is 0 Å². The smallest absolute Gasteiger partial charge is 0.262 e. The van der Waals surface area contributed by atoms with Gasteiger partial charge in [0.1, 0.15) is 0 Å². The van der Waals surface area contributed by atoms with E-state index in [1.807, 2.05) is 0 Å². The van der Waals surface area contributed by atoms with Crippen molar-refractivity contribution >= 4 is 59.2 Å². The third-order valence-corrected chi connectivity index (χ3v) is 5.23. The largest absolute Gasteiger partial charge is 0.276 e. The highest BCUT2D eigenvalue weighted by Crippen LogP contribution is 2.27. The Kier molecular flexibility index (Phi) is 4.73. The fourth-order valence-electron chi connectivity index (χ4n) is 1.56. The Hall–Kier alpha value is -0.630. The van der Waals surface area contributed by atoms with Crippen LogP contribution in [0.4, 0.5) is 5.69 Å². The summed E-state index contributed by atoms with van der Waals surface area (Å²) in [5.74, 6) is 0. The standard InChI is InChI=1S/C12H9Br2ClN2O2S/c1-7-2-3-8(13)5-11(7)20(18,19)17-10-4-9(14)6-16-12(10)15/h2-6,17H,1H3. The maximum absolute atomic E-state index is 12.4. The van der Waals surface area contributed by atoms with Crippen molar-refractivity contribution in [3.05, 3.63) is 50.1 Å². The van der Waals surface area contributed by atoms with Gasteiger partial charge in [0.15, 0.2) is 5.15 Å². The summed E-state index contributed by atoms with van der Waals surface area (Å²) in [6.07, 6.45) is 1.49. The molecule has 4 nitrogen and oxygen atoms in total. The predicted molar refractivity (Wildman–Crippen MR) is 86.6 cm³/mol. The minimum Gasteiger partial charge on any atom is -0.276 e. The van der Waals surface area contributed by atoms with Gasteiger partial charge in [0, 0.05) is 15.1 Å². The van der Waals surface area contributed by atoms with Gasteiger partial charge in [0.05, 0.1) is 10.6 Å². The molecule has 0 spiro atoms. The van der Waals surface area contributed by atoms with Gasteiger partial charge in [-0.1, -0.05) is 33.6 Å². The lowest BCUT2D eigenvalue weighted by molar-refractivity contribution is 0.600. The van der Waals surface area contributed by atoms with Gasteiger partial charge in [-0.25, -0.2) is 13.4 Å². The molecule has 0 saturated heterocycles. The van der Waals surface area contributed by atoms with Crippen molar-refractivity contribution in [3.63, 3.8) is 0 Å². The predicted octanol–water partition coefficient (Wildman–Crippen LogP) is 4.37. The van der Waals surface area contributed by atoms with E-state index in [4.69, 9.17) is 11.6 Å². The van der Waals surface area contributed by atoms with Gasteiger partial charge < -0.3 is 0 Å². The fraction of sp³-hybridized carbons (Fsp3) is 0.0833. The summed E-state index contributed by atoms with van der Waals surface area (Å²) < 4.78 is 28.6. The van der Waals surface area contributed by atoms with Crippen LogP contribution < -0.4 is 4.72 Å². The van der Waals surface area contributed by atoms with Crippen LogP contribution in [0.3, 0.4) is 0 Å². The lowest BCUT2D eigenvalue weighted by Crippen LogP contribution is -2.15. The first kappa shape index (κ1) is 15.8. The van der Waals surface area contributed by atoms with Crippen LogP contribution in [0.15, 0.2) is 44.3 Å². The zero-order valence-corrected chi connectivity index (χ0v) is 14.9. The van der Waals surface area contributed by atoms with Crippen LogP contribution >= 0.6 is 43.5 Å². The van der Waals surface area contributed by atoms with E-state index < -0.39 is 10.0 Å². The number of rotatable bonds is 3. The first-order valence-corrected chi connectivity index (χ1v) is 8.84. The minimum atomic E-state index is -3.73. The normalized spacial score (nSPS) is 11.4. The van der Waals surface area contributed by atoms with Crippen LogP contribution in [0.5, 0.6) is 0 Å². The Balaban J connectivity index is 2.46. The van der Waals surface area contributed by atoms with E-state index in [2.05, 4.69) is 41.6 Å². The highest BCUT2D eigenvalue weighted by molar-refractivity contribution is 9.10. The summed E-state index contributed by atoms with van der Waals surface area (Å²) in [7, 11) is -3.73. The molecule has 0 fully saturated rings. The maximum Gasteiger partial charge on any atom is 0.262 e. The molecule has 0 aliphatic carbocycles. The molecule has 0 saturated carbocycles. The number of aryl methyl sites for hydroxylation is 1. The van der Waals surface area contributed by atoms with Gasteiger partial charge in [-0.3, -0.25) is 4.72 Å². The number of sulfonamides is 1. The molecule has 2 rings (SSSR count). The zero-order valence-electron chi connectivity index (χ0n) is 10.2. The number of hydrogen-bond acceptors (Lipinski definition) is 3. The molecule has 8 heteroatoms. The topological polar surface area (TPSA) is 59.1 Å². The molecule has 0 radical (unpaired) electrons. The third-order valence-electron chi connectivity index (χ3n) is 2.49. The number of anilines is 1. The average Bonchev–Trinajstić information content (AvgIpc) is 2.36. The van der Waals surface area contributed by atoms with Crippen LogP contribution in [-0.2, 0) is 10.0 Å². The quantitative estimate of drug-likeness (QED) is 0.721. The van der Waals surface area contributed by atoms with E-state index in [9.17, 15) is 8.42 Å².